The summed E-state index contributed by atoms with van der Waals surface area (Å²) in [6.45, 7) is 2.73. The van der Waals surface area contributed by atoms with Gasteiger partial charge in [0.1, 0.15) is 5.75 Å². The minimum Gasteiger partial charge on any atom is -0.494 e. The molecule has 1 saturated heterocycles. The minimum absolute atomic E-state index is 0.324. The van der Waals surface area contributed by atoms with Gasteiger partial charge in [-0.05, 0) is 75.8 Å². The third kappa shape index (κ3) is 6.04. The molecule has 0 unspecified atom stereocenters. The number of nitrogens with zero attached hydrogens (tertiary/aromatic N) is 5. The molecule has 0 atom stereocenters. The quantitative estimate of drug-likeness (QED) is 0.358. The highest BCUT2D eigenvalue weighted by Gasteiger charge is 2.25. The minimum atomic E-state index is 0.324. The number of hydrogen-bond donors (Lipinski definition) is 3. The summed E-state index contributed by atoms with van der Waals surface area (Å²) in [4.78, 5) is 14.7. The monoisotopic (exact) mass is 518 g/mol. The summed E-state index contributed by atoms with van der Waals surface area (Å²) in [7, 11) is 0. The average molecular weight is 519 g/mol. The summed E-state index contributed by atoms with van der Waals surface area (Å²) < 4.78 is 8.22. The highest BCUT2D eigenvalue weighted by Crippen LogP contribution is 2.34. The zero-order valence-electron chi connectivity index (χ0n) is 22.4. The molecular formula is C29H42N8O. The van der Waals surface area contributed by atoms with E-state index in [1.165, 1.54) is 25.7 Å². The van der Waals surface area contributed by atoms with Gasteiger partial charge in [0.25, 0.3) is 0 Å². The van der Waals surface area contributed by atoms with Gasteiger partial charge in [-0.2, -0.15) is 9.97 Å². The van der Waals surface area contributed by atoms with Gasteiger partial charge in [-0.3, -0.25) is 0 Å². The number of imidazole rings is 1. The van der Waals surface area contributed by atoms with Crippen molar-refractivity contribution in [1.29, 1.82) is 0 Å². The lowest BCUT2D eigenvalue weighted by atomic mass is 9.92. The van der Waals surface area contributed by atoms with E-state index in [0.717, 1.165) is 87.4 Å². The van der Waals surface area contributed by atoms with Crippen molar-refractivity contribution in [2.24, 2.45) is 11.7 Å². The molecule has 2 saturated carbocycles. The largest absolute Gasteiger partial charge is 0.494 e. The van der Waals surface area contributed by atoms with Crippen molar-refractivity contribution in [3.8, 4) is 5.75 Å². The van der Waals surface area contributed by atoms with Crippen molar-refractivity contribution < 1.29 is 4.74 Å². The van der Waals surface area contributed by atoms with Crippen LogP contribution in [0, 0.1) is 5.92 Å². The predicted octanol–water partition coefficient (Wildman–Crippen LogP) is 5.13. The van der Waals surface area contributed by atoms with E-state index in [1.54, 1.807) is 0 Å². The molecule has 38 heavy (non-hydrogen) atoms. The van der Waals surface area contributed by atoms with Crippen LogP contribution in [0.2, 0.25) is 0 Å². The second kappa shape index (κ2) is 11.9. The Labute approximate surface area is 225 Å². The summed E-state index contributed by atoms with van der Waals surface area (Å²) in [6.07, 6.45) is 14.5. The first-order valence-corrected chi connectivity index (χ1v) is 14.7. The third-order valence-electron chi connectivity index (χ3n) is 8.66. The number of aromatic nitrogens is 4. The van der Waals surface area contributed by atoms with Crippen LogP contribution in [-0.2, 0) is 0 Å². The molecule has 3 fully saturated rings. The smallest absolute Gasteiger partial charge is 0.227 e. The zero-order chi connectivity index (χ0) is 25.7. The average Bonchev–Trinajstić information content (AvgIpc) is 3.62. The van der Waals surface area contributed by atoms with Gasteiger partial charge in [0.2, 0.25) is 5.95 Å². The fraction of sp³-hybridized carbons (Fsp3) is 0.621. The molecule has 1 aromatic carbocycles. The van der Waals surface area contributed by atoms with E-state index >= 15 is 0 Å². The third-order valence-corrected chi connectivity index (χ3v) is 8.66. The van der Waals surface area contributed by atoms with Gasteiger partial charge in [0.05, 0.1) is 12.9 Å². The van der Waals surface area contributed by atoms with E-state index in [0.29, 0.717) is 30.0 Å². The molecule has 9 heteroatoms. The van der Waals surface area contributed by atoms with Crippen molar-refractivity contribution in [1.82, 2.24) is 24.5 Å². The van der Waals surface area contributed by atoms with Gasteiger partial charge in [0, 0.05) is 31.2 Å². The summed E-state index contributed by atoms with van der Waals surface area (Å²) in [5.41, 5.74) is 11.6. The summed E-state index contributed by atoms with van der Waals surface area (Å²) >= 11 is 0. The Hall–Kier alpha value is -2.91. The van der Waals surface area contributed by atoms with Crippen molar-refractivity contribution in [3.63, 3.8) is 0 Å². The van der Waals surface area contributed by atoms with E-state index in [4.69, 9.17) is 25.4 Å². The van der Waals surface area contributed by atoms with Gasteiger partial charge in [-0.25, -0.2) is 9.99 Å². The standard InChI is InChI=1S/C29H42N8O/c30-22-10-12-23(13-11-22)32-29-33-27(26-28(34-29)37(20-31-26)24-6-4-5-7-24)35-36-17-14-21(15-18-36)16-19-38-25-8-2-1-3-9-25/h1-3,8-9,20-24H,4-7,10-19,30H2,(H2,32,33,34,35). The molecule has 3 aromatic rings. The molecular weight excluding hydrogens is 476 g/mol. The topological polar surface area (TPSA) is 106 Å². The molecule has 2 aromatic heterocycles. The maximum Gasteiger partial charge on any atom is 0.227 e. The second-order valence-corrected chi connectivity index (χ2v) is 11.4. The summed E-state index contributed by atoms with van der Waals surface area (Å²) in [5.74, 6) is 3.15. The molecule has 2 aliphatic carbocycles. The summed E-state index contributed by atoms with van der Waals surface area (Å²) in [5, 5.41) is 5.93. The molecule has 0 radical (unpaired) electrons. The van der Waals surface area contributed by atoms with E-state index in [1.807, 2.05) is 36.7 Å². The molecule has 1 aliphatic heterocycles. The zero-order valence-corrected chi connectivity index (χ0v) is 22.4. The van der Waals surface area contributed by atoms with Crippen LogP contribution in [0.5, 0.6) is 5.75 Å². The number of fused-ring (bicyclic) bond motifs is 1. The van der Waals surface area contributed by atoms with E-state index < -0.39 is 0 Å². The number of nitrogens with one attached hydrogen (secondary N) is 2. The Morgan fingerprint density at radius 3 is 2.45 bits per heavy atom. The highest BCUT2D eigenvalue weighted by molar-refractivity contribution is 5.84. The predicted molar refractivity (Wildman–Crippen MR) is 151 cm³/mol. The van der Waals surface area contributed by atoms with Crippen LogP contribution in [0.4, 0.5) is 11.8 Å². The van der Waals surface area contributed by atoms with E-state index in [2.05, 4.69) is 20.3 Å². The van der Waals surface area contributed by atoms with Crippen LogP contribution in [0.3, 0.4) is 0 Å². The number of piperidine rings is 1. The van der Waals surface area contributed by atoms with Gasteiger partial charge >= 0.3 is 0 Å². The van der Waals surface area contributed by atoms with Crippen molar-refractivity contribution in [2.75, 3.05) is 30.4 Å². The first kappa shape index (κ1) is 25.4. The van der Waals surface area contributed by atoms with E-state index in [9.17, 15) is 0 Å². The fourth-order valence-electron chi connectivity index (χ4n) is 6.30. The Kier molecular flexibility index (Phi) is 7.92. The number of benzene rings is 1. The molecule has 0 bridgehead atoms. The Balaban J connectivity index is 1.12. The Morgan fingerprint density at radius 1 is 0.921 bits per heavy atom. The van der Waals surface area contributed by atoms with Gasteiger partial charge in [-0.1, -0.05) is 31.0 Å². The van der Waals surface area contributed by atoms with Crippen molar-refractivity contribution in [3.05, 3.63) is 36.7 Å². The number of hydrazine groups is 1. The lowest BCUT2D eigenvalue weighted by Gasteiger charge is -2.32. The maximum atomic E-state index is 6.14. The SMILES string of the molecule is NC1CCC(Nc2nc(NN3CCC(CCOc4ccccc4)CC3)c3ncn(C4CCCC4)c3n2)CC1. The maximum absolute atomic E-state index is 6.14. The highest BCUT2D eigenvalue weighted by atomic mass is 16.5. The molecule has 204 valence electrons. The molecule has 9 nitrogen and oxygen atoms in total. The number of para-hydroxylation sites is 1. The van der Waals surface area contributed by atoms with Crippen molar-refractivity contribution in [2.45, 2.75) is 88.8 Å². The molecule has 0 spiro atoms. The van der Waals surface area contributed by atoms with Crippen LogP contribution in [0.25, 0.3) is 11.2 Å². The number of anilines is 2. The molecule has 3 aliphatic rings. The lowest BCUT2D eigenvalue weighted by molar-refractivity contribution is 0.186. The second-order valence-electron chi connectivity index (χ2n) is 11.4. The molecule has 3 heterocycles. The van der Waals surface area contributed by atoms with Crippen LogP contribution in [0.15, 0.2) is 36.7 Å². The van der Waals surface area contributed by atoms with Crippen molar-refractivity contribution >= 4 is 22.9 Å². The van der Waals surface area contributed by atoms with Crippen LogP contribution in [-0.4, -0.2) is 56.3 Å². The number of nitrogens with two attached hydrogens (primary N) is 1. The van der Waals surface area contributed by atoms with Crippen LogP contribution < -0.4 is 21.2 Å². The molecule has 6 rings (SSSR count). The lowest BCUT2D eigenvalue weighted by Crippen LogP contribution is -2.38. The number of ether oxygens (including phenoxy) is 1. The molecule has 4 N–H and O–H groups in total. The van der Waals surface area contributed by atoms with Gasteiger partial charge in [-0.15, -0.1) is 0 Å². The van der Waals surface area contributed by atoms with Gasteiger partial charge in [0.15, 0.2) is 17.0 Å². The number of rotatable bonds is 9. The van der Waals surface area contributed by atoms with Crippen LogP contribution in [0.1, 0.15) is 76.7 Å². The fourth-order valence-corrected chi connectivity index (χ4v) is 6.30. The Bertz CT molecular complexity index is 1160. The van der Waals surface area contributed by atoms with Gasteiger partial charge < -0.3 is 25.8 Å². The summed E-state index contributed by atoms with van der Waals surface area (Å²) in [6, 6.07) is 11.3. The number of hydrogen-bond acceptors (Lipinski definition) is 8. The Morgan fingerprint density at radius 2 is 1.68 bits per heavy atom. The molecule has 0 amide bonds. The first-order chi connectivity index (χ1) is 18.7. The van der Waals surface area contributed by atoms with E-state index in [-0.39, 0.29) is 0 Å². The normalized spacial score (nSPS) is 23.6. The first-order valence-electron chi connectivity index (χ1n) is 14.7. The van der Waals surface area contributed by atoms with Crippen LogP contribution >= 0.6 is 0 Å².